The number of carboxylic acids is 2. The summed E-state index contributed by atoms with van der Waals surface area (Å²) in [4.78, 5) is 20.7. The first-order valence-electron chi connectivity index (χ1n) is 4.05. The van der Waals surface area contributed by atoms with E-state index in [4.69, 9.17) is 10.2 Å². The van der Waals surface area contributed by atoms with Crippen LogP contribution in [0, 0.1) is 5.92 Å². The quantitative estimate of drug-likeness (QED) is 0.388. The molecular formula is C8H15KO4. The predicted octanol–water partition coefficient (Wildman–Crippen LogP) is 0.704. The van der Waals surface area contributed by atoms with Crippen molar-refractivity contribution in [1.29, 1.82) is 0 Å². The minimum absolute atomic E-state index is 0. The predicted molar refractivity (Wildman–Crippen MR) is 50.1 cm³/mol. The van der Waals surface area contributed by atoms with Crippen LogP contribution in [-0.2, 0) is 9.59 Å². The van der Waals surface area contributed by atoms with Crippen molar-refractivity contribution in [1.82, 2.24) is 0 Å². The molecule has 0 aromatic carbocycles. The summed E-state index contributed by atoms with van der Waals surface area (Å²) in [6.07, 6.45) is 2.75. The van der Waals surface area contributed by atoms with Crippen LogP contribution in [0.5, 0.6) is 0 Å². The zero-order chi connectivity index (χ0) is 9.56. The minimum atomic E-state index is -1.24. The molecule has 0 aromatic heterocycles. The van der Waals surface area contributed by atoms with Crippen LogP contribution < -0.4 is 0 Å². The Kier molecular flexibility index (Phi) is 11.3. The van der Waals surface area contributed by atoms with Crippen LogP contribution in [0.1, 0.15) is 32.6 Å². The van der Waals surface area contributed by atoms with Crippen LogP contribution in [0.3, 0.4) is 0 Å². The second kappa shape index (κ2) is 9.14. The maximum atomic E-state index is 10.4. The summed E-state index contributed by atoms with van der Waals surface area (Å²) in [6, 6.07) is 0. The van der Waals surface area contributed by atoms with E-state index in [1.165, 1.54) is 0 Å². The average Bonchev–Trinajstić information content (AvgIpc) is 1.96. The summed E-state index contributed by atoms with van der Waals surface area (Å²) in [7, 11) is 0. The molecule has 0 bridgehead atoms. The van der Waals surface area contributed by atoms with Gasteiger partial charge in [0.1, 0.15) is 0 Å². The summed E-state index contributed by atoms with van der Waals surface area (Å²) in [5, 5.41) is 16.9. The second-order valence-electron chi connectivity index (χ2n) is 2.72. The van der Waals surface area contributed by atoms with Gasteiger partial charge >= 0.3 is 63.3 Å². The molecule has 0 rings (SSSR count). The Balaban J connectivity index is 0. The third-order valence-corrected chi connectivity index (χ3v) is 1.69. The van der Waals surface area contributed by atoms with Crippen molar-refractivity contribution in [2.45, 2.75) is 32.6 Å². The molecule has 0 radical (unpaired) electrons. The molecule has 2 N–H and O–H groups in total. The van der Waals surface area contributed by atoms with Gasteiger partial charge in [-0.15, -0.1) is 0 Å². The number of unbranched alkanes of at least 4 members (excludes halogenated alkanes) is 2. The number of carbonyl (C=O) groups is 2. The van der Waals surface area contributed by atoms with Crippen molar-refractivity contribution in [3.05, 3.63) is 0 Å². The van der Waals surface area contributed by atoms with Crippen molar-refractivity contribution in [3.63, 3.8) is 0 Å². The van der Waals surface area contributed by atoms with E-state index >= 15 is 0 Å². The molecule has 72 valence electrons. The van der Waals surface area contributed by atoms with Gasteiger partial charge in [0.25, 0.3) is 0 Å². The van der Waals surface area contributed by atoms with Crippen LogP contribution in [0.4, 0.5) is 0 Å². The van der Waals surface area contributed by atoms with E-state index in [1.807, 2.05) is 6.92 Å². The topological polar surface area (TPSA) is 74.6 Å². The van der Waals surface area contributed by atoms with E-state index in [-0.39, 0.29) is 57.8 Å². The van der Waals surface area contributed by atoms with Gasteiger partial charge in [-0.3, -0.25) is 9.59 Å². The molecule has 0 amide bonds. The molecule has 0 atom stereocenters. The Morgan fingerprint density at radius 1 is 1.15 bits per heavy atom. The molecule has 0 aliphatic carbocycles. The number of carboxylic acid groups (broad SMARTS) is 2. The standard InChI is InChI=1S/C8H14O4.K.H/c1-2-3-4-5-6(7(9)10)8(11)12;;/h6H,2-5H2,1H3,(H,9,10)(H,11,12);;. The number of rotatable bonds is 6. The third kappa shape index (κ3) is 7.63. The van der Waals surface area contributed by atoms with Crippen molar-refractivity contribution >= 4 is 63.3 Å². The molecular weight excluding hydrogens is 199 g/mol. The van der Waals surface area contributed by atoms with Gasteiger partial charge in [-0.25, -0.2) is 0 Å². The molecule has 5 heteroatoms. The van der Waals surface area contributed by atoms with Crippen LogP contribution in [0.2, 0.25) is 0 Å². The molecule has 0 aromatic rings. The van der Waals surface area contributed by atoms with Crippen molar-refractivity contribution in [3.8, 4) is 0 Å². The molecule has 0 saturated carbocycles. The van der Waals surface area contributed by atoms with E-state index in [0.29, 0.717) is 6.42 Å². The fourth-order valence-electron chi connectivity index (χ4n) is 0.951. The Bertz CT molecular complexity index is 156. The monoisotopic (exact) mass is 214 g/mol. The third-order valence-electron chi connectivity index (χ3n) is 1.69. The zero-order valence-electron chi connectivity index (χ0n) is 7.12. The molecule has 13 heavy (non-hydrogen) atoms. The summed E-state index contributed by atoms with van der Waals surface area (Å²) in [6.45, 7) is 1.98. The first-order chi connectivity index (χ1) is 5.59. The molecule has 0 unspecified atom stereocenters. The van der Waals surface area contributed by atoms with E-state index in [9.17, 15) is 9.59 Å². The van der Waals surface area contributed by atoms with Gasteiger partial charge in [-0.1, -0.05) is 26.2 Å². The Morgan fingerprint density at radius 2 is 1.62 bits per heavy atom. The summed E-state index contributed by atoms with van der Waals surface area (Å²) >= 11 is 0. The van der Waals surface area contributed by atoms with Crippen LogP contribution in [0.25, 0.3) is 0 Å². The molecule has 0 spiro atoms. The first-order valence-corrected chi connectivity index (χ1v) is 4.05. The summed E-state index contributed by atoms with van der Waals surface area (Å²) in [5.41, 5.74) is 0. The van der Waals surface area contributed by atoms with Gasteiger partial charge < -0.3 is 10.2 Å². The van der Waals surface area contributed by atoms with Crippen molar-refractivity contribution < 1.29 is 19.8 Å². The number of aliphatic carboxylic acids is 2. The van der Waals surface area contributed by atoms with Gasteiger partial charge in [-0.2, -0.15) is 0 Å². The van der Waals surface area contributed by atoms with Gasteiger partial charge in [0.15, 0.2) is 5.92 Å². The number of hydrogen-bond donors (Lipinski definition) is 2. The second-order valence-corrected chi connectivity index (χ2v) is 2.72. The molecule has 0 aliphatic heterocycles. The fourth-order valence-corrected chi connectivity index (χ4v) is 0.951. The zero-order valence-corrected chi connectivity index (χ0v) is 7.12. The van der Waals surface area contributed by atoms with Crippen molar-refractivity contribution in [2.24, 2.45) is 5.92 Å². The fraction of sp³-hybridized carbons (Fsp3) is 0.750. The van der Waals surface area contributed by atoms with Crippen LogP contribution >= 0.6 is 0 Å². The molecule has 0 heterocycles. The van der Waals surface area contributed by atoms with Crippen LogP contribution in [0.15, 0.2) is 0 Å². The van der Waals surface area contributed by atoms with Gasteiger partial charge in [-0.05, 0) is 6.42 Å². The molecule has 0 fully saturated rings. The Labute approximate surface area is 120 Å². The van der Waals surface area contributed by atoms with Gasteiger partial charge in [0.05, 0.1) is 0 Å². The van der Waals surface area contributed by atoms with E-state index in [1.54, 1.807) is 0 Å². The maximum absolute atomic E-state index is 10.4. The van der Waals surface area contributed by atoms with E-state index in [0.717, 1.165) is 12.8 Å². The van der Waals surface area contributed by atoms with E-state index < -0.39 is 17.9 Å². The SMILES string of the molecule is CCCCCC(C(=O)O)C(=O)O.[KH]. The Hall–Kier alpha value is 0.576. The number of hydrogen-bond acceptors (Lipinski definition) is 2. The van der Waals surface area contributed by atoms with Crippen molar-refractivity contribution in [2.75, 3.05) is 0 Å². The van der Waals surface area contributed by atoms with Gasteiger partial charge in [0.2, 0.25) is 0 Å². The van der Waals surface area contributed by atoms with Gasteiger partial charge in [0, 0.05) is 0 Å². The summed E-state index contributed by atoms with van der Waals surface area (Å²) in [5.74, 6) is -3.70. The summed E-state index contributed by atoms with van der Waals surface area (Å²) < 4.78 is 0. The molecule has 0 saturated heterocycles. The molecule has 4 nitrogen and oxygen atoms in total. The normalized spacial score (nSPS) is 9.38. The first kappa shape index (κ1) is 16.0. The Morgan fingerprint density at radius 3 is 1.92 bits per heavy atom. The average molecular weight is 214 g/mol. The van der Waals surface area contributed by atoms with E-state index in [2.05, 4.69) is 0 Å². The van der Waals surface area contributed by atoms with Crippen LogP contribution in [-0.4, -0.2) is 73.5 Å². The molecule has 0 aliphatic rings.